The Bertz CT molecular complexity index is 654. The van der Waals surface area contributed by atoms with E-state index in [1.165, 1.54) is 31.4 Å². The lowest BCUT2D eigenvalue weighted by atomic mass is 9.86. The molecule has 7 heteroatoms. The Morgan fingerprint density at radius 2 is 1.63 bits per heavy atom. The molecule has 1 aliphatic heterocycles. The highest BCUT2D eigenvalue weighted by Gasteiger charge is 2.28. The van der Waals surface area contributed by atoms with Crippen molar-refractivity contribution >= 4 is 11.8 Å². The molecule has 1 saturated heterocycles. The van der Waals surface area contributed by atoms with Crippen LogP contribution >= 0.6 is 0 Å². The molecule has 5 nitrogen and oxygen atoms in total. The van der Waals surface area contributed by atoms with Gasteiger partial charge in [-0.05, 0) is 30.9 Å². The van der Waals surface area contributed by atoms with Crippen molar-refractivity contribution in [1.29, 1.82) is 0 Å². The third-order valence-electron chi connectivity index (χ3n) is 5.44. The summed E-state index contributed by atoms with van der Waals surface area (Å²) in [4.78, 5) is 28.6. The zero-order chi connectivity index (χ0) is 19.2. The molecule has 0 radical (unpaired) electrons. The zero-order valence-electron chi connectivity index (χ0n) is 15.4. The molecule has 0 N–H and O–H groups in total. The van der Waals surface area contributed by atoms with Crippen molar-refractivity contribution in [3.05, 3.63) is 29.8 Å². The summed E-state index contributed by atoms with van der Waals surface area (Å²) in [5.41, 5.74) is 0.125. The molecule has 0 bridgehead atoms. The number of benzene rings is 1. The lowest BCUT2D eigenvalue weighted by molar-refractivity contribution is -0.133. The summed E-state index contributed by atoms with van der Waals surface area (Å²) in [6.07, 6.45) is 6.54. The molecule has 1 saturated carbocycles. The summed E-state index contributed by atoms with van der Waals surface area (Å²) in [6, 6.07) is 6.02. The maximum Gasteiger partial charge on any atom is 0.387 e. The standard InChI is InChI=1S/C20H26F2N2O3/c21-20(22)27-17-9-5-4-8-16(17)19(26)24-12-10-23(11-13-24)18(25)14-15-6-2-1-3-7-15/h4-5,8-9,15,20H,1-3,6-7,10-14H2. The number of piperazine rings is 1. The van der Waals surface area contributed by atoms with Crippen LogP contribution < -0.4 is 4.74 Å². The van der Waals surface area contributed by atoms with E-state index in [4.69, 9.17) is 0 Å². The molecule has 0 atom stereocenters. The Balaban J connectivity index is 1.54. The molecule has 3 rings (SSSR count). The van der Waals surface area contributed by atoms with Crippen molar-refractivity contribution in [3.8, 4) is 5.75 Å². The molecule has 1 aromatic rings. The van der Waals surface area contributed by atoms with E-state index in [1.807, 2.05) is 4.90 Å². The number of alkyl halides is 2. The Hall–Kier alpha value is -2.18. The van der Waals surface area contributed by atoms with E-state index in [0.29, 0.717) is 38.5 Å². The smallest absolute Gasteiger partial charge is 0.387 e. The molecule has 0 spiro atoms. The van der Waals surface area contributed by atoms with Crippen molar-refractivity contribution in [2.24, 2.45) is 5.92 Å². The number of carbonyl (C=O) groups excluding carboxylic acids is 2. The van der Waals surface area contributed by atoms with Gasteiger partial charge in [-0.2, -0.15) is 8.78 Å². The van der Waals surface area contributed by atoms with E-state index in [-0.39, 0.29) is 23.1 Å². The first-order valence-corrected chi connectivity index (χ1v) is 9.65. The van der Waals surface area contributed by atoms with E-state index in [2.05, 4.69) is 4.74 Å². The van der Waals surface area contributed by atoms with E-state index >= 15 is 0 Å². The van der Waals surface area contributed by atoms with Gasteiger partial charge in [0, 0.05) is 32.6 Å². The van der Waals surface area contributed by atoms with Crippen LogP contribution in [0, 0.1) is 5.92 Å². The van der Waals surface area contributed by atoms with Crippen LogP contribution in [-0.2, 0) is 4.79 Å². The predicted molar refractivity (Wildman–Crippen MR) is 96.7 cm³/mol. The highest BCUT2D eigenvalue weighted by atomic mass is 19.3. The fraction of sp³-hybridized carbons (Fsp3) is 0.600. The maximum absolute atomic E-state index is 12.7. The van der Waals surface area contributed by atoms with E-state index in [1.54, 1.807) is 17.0 Å². The van der Waals surface area contributed by atoms with E-state index in [9.17, 15) is 18.4 Å². The van der Waals surface area contributed by atoms with Crippen LogP contribution in [0.25, 0.3) is 0 Å². The van der Waals surface area contributed by atoms with E-state index in [0.717, 1.165) is 12.8 Å². The number of hydrogen-bond donors (Lipinski definition) is 0. The van der Waals surface area contributed by atoms with Crippen LogP contribution in [0.3, 0.4) is 0 Å². The van der Waals surface area contributed by atoms with Crippen molar-refractivity contribution in [3.63, 3.8) is 0 Å². The van der Waals surface area contributed by atoms with E-state index < -0.39 is 6.61 Å². The molecule has 0 aromatic heterocycles. The molecule has 2 fully saturated rings. The molecular formula is C20H26F2N2O3. The summed E-state index contributed by atoms with van der Waals surface area (Å²) in [6.45, 7) is -1.21. The second-order valence-corrected chi connectivity index (χ2v) is 7.26. The van der Waals surface area contributed by atoms with Gasteiger partial charge < -0.3 is 14.5 Å². The van der Waals surface area contributed by atoms with Crippen molar-refractivity contribution in [2.45, 2.75) is 45.1 Å². The van der Waals surface area contributed by atoms with Gasteiger partial charge in [-0.3, -0.25) is 9.59 Å². The number of halogens is 2. The number of hydrogen-bond acceptors (Lipinski definition) is 3. The van der Waals surface area contributed by atoms with Crippen LogP contribution in [0.1, 0.15) is 48.9 Å². The minimum absolute atomic E-state index is 0.117. The molecular weight excluding hydrogens is 354 g/mol. The number of para-hydroxylation sites is 1. The highest BCUT2D eigenvalue weighted by Crippen LogP contribution is 2.27. The summed E-state index contributed by atoms with van der Waals surface area (Å²) >= 11 is 0. The van der Waals surface area contributed by atoms with Crippen LogP contribution in [0.15, 0.2) is 24.3 Å². The second-order valence-electron chi connectivity index (χ2n) is 7.26. The third-order valence-corrected chi connectivity index (χ3v) is 5.44. The van der Waals surface area contributed by atoms with Crippen molar-refractivity contribution in [1.82, 2.24) is 9.80 Å². The average molecular weight is 380 g/mol. The number of nitrogens with zero attached hydrogens (tertiary/aromatic N) is 2. The highest BCUT2D eigenvalue weighted by molar-refractivity contribution is 5.97. The normalized spacial score (nSPS) is 18.6. The molecule has 1 aromatic carbocycles. The van der Waals surface area contributed by atoms with Gasteiger partial charge in [-0.25, -0.2) is 0 Å². The summed E-state index contributed by atoms with van der Waals surface area (Å²) < 4.78 is 29.6. The van der Waals surface area contributed by atoms with Crippen molar-refractivity contribution in [2.75, 3.05) is 26.2 Å². The van der Waals surface area contributed by atoms with Crippen molar-refractivity contribution < 1.29 is 23.1 Å². The number of amides is 2. The van der Waals surface area contributed by atoms with Gasteiger partial charge in [0.2, 0.25) is 5.91 Å². The van der Waals surface area contributed by atoms with Gasteiger partial charge in [0.05, 0.1) is 5.56 Å². The monoisotopic (exact) mass is 380 g/mol. The minimum atomic E-state index is -2.98. The zero-order valence-corrected chi connectivity index (χ0v) is 15.4. The third kappa shape index (κ3) is 5.17. The summed E-state index contributed by atoms with van der Waals surface area (Å²) in [7, 11) is 0. The van der Waals surface area contributed by atoms with Crippen LogP contribution in [-0.4, -0.2) is 54.4 Å². The van der Waals surface area contributed by atoms with Gasteiger partial charge >= 0.3 is 6.61 Å². The number of carbonyl (C=O) groups is 2. The molecule has 0 unspecified atom stereocenters. The lowest BCUT2D eigenvalue weighted by Gasteiger charge is -2.36. The summed E-state index contributed by atoms with van der Waals surface area (Å²) in [5.74, 6) is 0.193. The van der Waals surface area contributed by atoms with Crippen LogP contribution in [0.5, 0.6) is 5.75 Å². The van der Waals surface area contributed by atoms with Crippen LogP contribution in [0.2, 0.25) is 0 Å². The van der Waals surface area contributed by atoms with Gasteiger partial charge in [-0.1, -0.05) is 31.4 Å². The quantitative estimate of drug-likeness (QED) is 0.785. The molecule has 148 valence electrons. The molecule has 1 heterocycles. The SMILES string of the molecule is O=C(CC1CCCCC1)N1CCN(C(=O)c2ccccc2OC(F)F)CC1. The first-order chi connectivity index (χ1) is 13.0. The number of rotatable bonds is 5. The predicted octanol–water partition coefficient (Wildman–Crippen LogP) is 3.54. The fourth-order valence-corrected chi connectivity index (χ4v) is 3.94. The fourth-order valence-electron chi connectivity index (χ4n) is 3.94. The Labute approximate surface area is 158 Å². The summed E-state index contributed by atoms with van der Waals surface area (Å²) in [5, 5.41) is 0. The molecule has 27 heavy (non-hydrogen) atoms. The van der Waals surface area contributed by atoms with Crippen LogP contribution in [0.4, 0.5) is 8.78 Å². The molecule has 1 aliphatic carbocycles. The topological polar surface area (TPSA) is 49.9 Å². The van der Waals surface area contributed by atoms with Gasteiger partial charge in [-0.15, -0.1) is 0 Å². The lowest BCUT2D eigenvalue weighted by Crippen LogP contribution is -2.51. The number of ether oxygens (including phenoxy) is 1. The molecule has 2 amide bonds. The average Bonchev–Trinajstić information content (AvgIpc) is 2.68. The maximum atomic E-state index is 12.7. The Morgan fingerprint density at radius 3 is 2.30 bits per heavy atom. The minimum Gasteiger partial charge on any atom is -0.434 e. The first-order valence-electron chi connectivity index (χ1n) is 9.65. The molecule has 2 aliphatic rings. The largest absolute Gasteiger partial charge is 0.434 e. The Kier molecular flexibility index (Phi) is 6.63. The first kappa shape index (κ1) is 19.6. The van der Waals surface area contributed by atoms with Gasteiger partial charge in [0.15, 0.2) is 0 Å². The van der Waals surface area contributed by atoms with Gasteiger partial charge in [0.25, 0.3) is 5.91 Å². The Morgan fingerprint density at radius 1 is 1.00 bits per heavy atom. The van der Waals surface area contributed by atoms with Gasteiger partial charge in [0.1, 0.15) is 5.75 Å². The second kappa shape index (κ2) is 9.15.